The van der Waals surface area contributed by atoms with Gasteiger partial charge in [0.05, 0.1) is 0 Å². The van der Waals surface area contributed by atoms with Crippen LogP contribution in [0.4, 0.5) is 0 Å². The largest absolute Gasteiger partial charge is 0.404 e. The summed E-state index contributed by atoms with van der Waals surface area (Å²) in [6.07, 6.45) is 8.44. The highest BCUT2D eigenvalue weighted by molar-refractivity contribution is 7.10. The molecule has 3 N–H and O–H groups in total. The number of carbonyl (C=O) groups excluding carboxylic acids is 1. The fraction of sp³-hybridized carbons (Fsp3) is 0.118. The molecule has 23 heavy (non-hydrogen) atoms. The van der Waals surface area contributed by atoms with E-state index in [-0.39, 0.29) is 5.91 Å². The molecule has 116 valence electrons. The van der Waals surface area contributed by atoms with Gasteiger partial charge in [0.25, 0.3) is 5.91 Å². The molecule has 0 saturated carbocycles. The molecular weight excluding hydrogens is 308 g/mol. The number of nitrogens with one attached hydrogen (secondary N) is 1. The number of benzene rings is 1. The fourth-order valence-electron chi connectivity index (χ4n) is 1.93. The van der Waals surface area contributed by atoms with E-state index < -0.39 is 0 Å². The Morgan fingerprint density at radius 1 is 1.57 bits per heavy atom. The highest BCUT2D eigenvalue weighted by Gasteiger charge is 2.09. The van der Waals surface area contributed by atoms with Gasteiger partial charge in [-0.05, 0) is 23.1 Å². The Bertz CT molecular complexity index is 799. The maximum absolute atomic E-state index is 12.0. The molecule has 2 rings (SSSR count). The van der Waals surface area contributed by atoms with Crippen molar-refractivity contribution in [2.24, 2.45) is 10.7 Å². The zero-order valence-electron chi connectivity index (χ0n) is 12.6. The number of carbonyl (C=O) groups is 1. The molecule has 0 fully saturated rings. The van der Waals surface area contributed by atoms with E-state index in [1.165, 1.54) is 17.5 Å². The minimum absolute atomic E-state index is 0.252. The molecule has 0 bridgehead atoms. The number of aromatic nitrogens is 1. The van der Waals surface area contributed by atoms with Crippen LogP contribution < -0.4 is 11.1 Å². The van der Waals surface area contributed by atoms with Crippen LogP contribution in [0.5, 0.6) is 0 Å². The van der Waals surface area contributed by atoms with Crippen molar-refractivity contribution < 1.29 is 4.79 Å². The van der Waals surface area contributed by atoms with E-state index in [2.05, 4.69) is 21.2 Å². The molecule has 0 unspecified atom stereocenters. The molecule has 2 aromatic rings. The second kappa shape index (κ2) is 7.92. The fourth-order valence-corrected chi connectivity index (χ4v) is 2.53. The molecule has 1 aromatic carbocycles. The Morgan fingerprint density at radius 2 is 2.39 bits per heavy atom. The van der Waals surface area contributed by atoms with Gasteiger partial charge in [-0.1, -0.05) is 18.2 Å². The minimum atomic E-state index is -0.252. The number of thiazole rings is 1. The van der Waals surface area contributed by atoms with Gasteiger partial charge in [-0.25, -0.2) is 4.98 Å². The third-order valence-corrected chi connectivity index (χ3v) is 3.79. The summed E-state index contributed by atoms with van der Waals surface area (Å²) in [6.45, 7) is 0.386. The number of terminal acetylenes is 1. The van der Waals surface area contributed by atoms with Gasteiger partial charge in [0, 0.05) is 37.0 Å². The van der Waals surface area contributed by atoms with Crippen LogP contribution in [0.3, 0.4) is 0 Å². The Hall–Kier alpha value is -2.91. The van der Waals surface area contributed by atoms with E-state index in [0.29, 0.717) is 17.2 Å². The number of hydrogen-bond acceptors (Lipinski definition) is 5. The molecule has 0 atom stereocenters. The van der Waals surface area contributed by atoms with Crippen LogP contribution in [0.25, 0.3) is 5.57 Å². The van der Waals surface area contributed by atoms with Crippen LogP contribution >= 0.6 is 11.3 Å². The SMILES string of the molecule is C#Cc1nc(C(=O)NCc2cccc(C(C=NC)=CN)c2)cs1. The summed E-state index contributed by atoms with van der Waals surface area (Å²) < 4.78 is 0. The molecule has 0 saturated heterocycles. The Labute approximate surface area is 139 Å². The monoisotopic (exact) mass is 324 g/mol. The lowest BCUT2D eigenvalue weighted by molar-refractivity contribution is 0.0946. The average Bonchev–Trinajstić information content (AvgIpc) is 3.07. The molecular formula is C17H16N4OS. The number of amides is 1. The molecule has 0 aliphatic carbocycles. The Kier molecular flexibility index (Phi) is 5.67. The van der Waals surface area contributed by atoms with Gasteiger partial charge in [-0.3, -0.25) is 9.79 Å². The van der Waals surface area contributed by atoms with E-state index in [4.69, 9.17) is 12.2 Å². The first kappa shape index (κ1) is 16.5. The lowest BCUT2D eigenvalue weighted by Crippen LogP contribution is -2.23. The predicted molar refractivity (Wildman–Crippen MR) is 94.2 cm³/mol. The van der Waals surface area contributed by atoms with E-state index in [9.17, 15) is 4.79 Å². The summed E-state index contributed by atoms with van der Waals surface area (Å²) >= 11 is 1.27. The minimum Gasteiger partial charge on any atom is -0.404 e. The molecule has 1 heterocycles. The quantitative estimate of drug-likeness (QED) is 0.652. The highest BCUT2D eigenvalue weighted by atomic mass is 32.1. The van der Waals surface area contributed by atoms with Gasteiger partial charge in [-0.15, -0.1) is 17.8 Å². The summed E-state index contributed by atoms with van der Waals surface area (Å²) in [6, 6.07) is 7.72. The summed E-state index contributed by atoms with van der Waals surface area (Å²) in [5.74, 6) is 2.16. The van der Waals surface area contributed by atoms with Gasteiger partial charge < -0.3 is 11.1 Å². The van der Waals surface area contributed by atoms with Crippen molar-refractivity contribution in [1.29, 1.82) is 0 Å². The molecule has 6 heteroatoms. The van der Waals surface area contributed by atoms with Crippen LogP contribution in [-0.4, -0.2) is 24.2 Å². The number of hydrogen-bond donors (Lipinski definition) is 2. The number of nitrogens with two attached hydrogens (primary N) is 1. The van der Waals surface area contributed by atoms with Crippen LogP contribution in [-0.2, 0) is 6.54 Å². The van der Waals surface area contributed by atoms with Crippen molar-refractivity contribution in [2.75, 3.05) is 7.05 Å². The Morgan fingerprint density at radius 3 is 3.04 bits per heavy atom. The number of allylic oxidation sites excluding steroid dienone is 1. The number of aliphatic imine (C=N–C) groups is 1. The molecule has 0 spiro atoms. The molecule has 0 aliphatic heterocycles. The van der Waals surface area contributed by atoms with Crippen LogP contribution in [0.15, 0.2) is 40.8 Å². The highest BCUT2D eigenvalue weighted by Crippen LogP contribution is 2.14. The zero-order valence-corrected chi connectivity index (χ0v) is 13.4. The standard InChI is InChI=1S/C17H16N4OS/c1-3-16-21-15(11-23-16)17(22)20-9-12-5-4-6-13(7-12)14(8-18)10-19-2/h1,4-8,10-11H,9,18H2,2H3,(H,20,22). The maximum atomic E-state index is 12.0. The van der Waals surface area contributed by atoms with Gasteiger partial charge in [0.2, 0.25) is 0 Å². The lowest BCUT2D eigenvalue weighted by atomic mass is 10.0. The first-order valence-electron chi connectivity index (χ1n) is 6.81. The second-order valence-corrected chi connectivity index (χ2v) is 5.43. The summed E-state index contributed by atoms with van der Waals surface area (Å²) in [7, 11) is 1.69. The molecule has 0 aliphatic rings. The third kappa shape index (κ3) is 4.28. The predicted octanol–water partition coefficient (Wildman–Crippen LogP) is 2.05. The summed E-state index contributed by atoms with van der Waals surface area (Å²) in [5, 5.41) is 4.96. The van der Waals surface area contributed by atoms with Crippen molar-refractivity contribution in [1.82, 2.24) is 10.3 Å². The third-order valence-electron chi connectivity index (χ3n) is 3.02. The maximum Gasteiger partial charge on any atom is 0.271 e. The molecule has 5 nitrogen and oxygen atoms in total. The van der Waals surface area contributed by atoms with E-state index in [1.54, 1.807) is 18.6 Å². The average molecular weight is 324 g/mol. The van der Waals surface area contributed by atoms with Crippen LogP contribution in [0, 0.1) is 12.3 Å². The van der Waals surface area contributed by atoms with Crippen molar-refractivity contribution in [3.8, 4) is 12.3 Å². The van der Waals surface area contributed by atoms with E-state index in [0.717, 1.165) is 16.7 Å². The van der Waals surface area contributed by atoms with E-state index in [1.807, 2.05) is 24.3 Å². The van der Waals surface area contributed by atoms with Crippen molar-refractivity contribution >= 4 is 29.0 Å². The summed E-state index contributed by atoms with van der Waals surface area (Å²) in [4.78, 5) is 20.1. The molecule has 0 radical (unpaired) electrons. The van der Waals surface area contributed by atoms with Gasteiger partial charge in [0.1, 0.15) is 5.69 Å². The van der Waals surface area contributed by atoms with Gasteiger partial charge >= 0.3 is 0 Å². The van der Waals surface area contributed by atoms with Gasteiger partial charge in [0.15, 0.2) is 5.01 Å². The molecule has 1 amide bonds. The summed E-state index contributed by atoms with van der Waals surface area (Å²) in [5.41, 5.74) is 8.65. The van der Waals surface area contributed by atoms with Crippen molar-refractivity contribution in [2.45, 2.75) is 6.54 Å². The first-order chi connectivity index (χ1) is 11.2. The van der Waals surface area contributed by atoms with Crippen LogP contribution in [0.1, 0.15) is 26.6 Å². The zero-order chi connectivity index (χ0) is 16.7. The smallest absolute Gasteiger partial charge is 0.271 e. The second-order valence-electron chi connectivity index (χ2n) is 4.57. The van der Waals surface area contributed by atoms with Gasteiger partial charge in [-0.2, -0.15) is 0 Å². The van der Waals surface area contributed by atoms with Crippen molar-refractivity contribution in [3.63, 3.8) is 0 Å². The molecule has 1 aromatic heterocycles. The normalized spacial score (nSPS) is 11.4. The number of nitrogens with zero attached hydrogens (tertiary/aromatic N) is 2. The Balaban J connectivity index is 2.06. The van der Waals surface area contributed by atoms with Crippen molar-refractivity contribution in [3.05, 3.63) is 57.7 Å². The van der Waals surface area contributed by atoms with E-state index >= 15 is 0 Å². The first-order valence-corrected chi connectivity index (χ1v) is 7.69. The lowest BCUT2D eigenvalue weighted by Gasteiger charge is -2.07. The van der Waals surface area contributed by atoms with Crippen LogP contribution in [0.2, 0.25) is 0 Å². The number of rotatable bonds is 5. The topological polar surface area (TPSA) is 80.4 Å².